The van der Waals surface area contributed by atoms with E-state index in [1.807, 2.05) is 0 Å². The molecule has 4 nitrogen and oxygen atoms in total. The number of rotatable bonds is 2. The van der Waals surface area contributed by atoms with E-state index < -0.39 is 0 Å². The fourth-order valence-electron chi connectivity index (χ4n) is 1.98. The van der Waals surface area contributed by atoms with Gasteiger partial charge in [0.25, 0.3) is 0 Å². The Balaban J connectivity index is 2.71. The molecule has 0 unspecified atom stereocenters. The molecule has 0 aromatic heterocycles. The molecule has 80 valence electrons. The number of nitrogen functional groups attached to an aromatic ring is 1. The van der Waals surface area contributed by atoms with E-state index in [4.69, 9.17) is 15.2 Å². The van der Waals surface area contributed by atoms with Crippen LogP contribution in [-0.4, -0.2) is 20.0 Å². The van der Waals surface area contributed by atoms with E-state index in [1.165, 1.54) is 14.2 Å². The monoisotopic (exact) mass is 207 g/mol. The van der Waals surface area contributed by atoms with Crippen LogP contribution in [0, 0.1) is 0 Å². The van der Waals surface area contributed by atoms with Crippen molar-refractivity contribution in [3.8, 4) is 11.5 Å². The maximum absolute atomic E-state index is 11.7. The van der Waals surface area contributed by atoms with Gasteiger partial charge in [0.2, 0.25) is 0 Å². The maximum Gasteiger partial charge on any atom is 0.171 e. The highest BCUT2D eigenvalue weighted by atomic mass is 16.5. The zero-order valence-corrected chi connectivity index (χ0v) is 8.79. The van der Waals surface area contributed by atoms with E-state index in [2.05, 4.69) is 0 Å². The quantitative estimate of drug-likeness (QED) is 0.745. The van der Waals surface area contributed by atoms with E-state index in [0.29, 0.717) is 35.6 Å². The van der Waals surface area contributed by atoms with Crippen LogP contribution in [0.5, 0.6) is 11.5 Å². The first-order chi connectivity index (χ1) is 7.19. The lowest BCUT2D eigenvalue weighted by Gasteiger charge is -2.13. The molecule has 0 radical (unpaired) electrons. The van der Waals surface area contributed by atoms with E-state index in [0.717, 1.165) is 5.56 Å². The van der Waals surface area contributed by atoms with Gasteiger partial charge in [-0.05, 0) is 12.0 Å². The van der Waals surface area contributed by atoms with Crippen LogP contribution in [0.25, 0.3) is 0 Å². The number of anilines is 1. The number of nitrogens with two attached hydrogens (primary N) is 1. The van der Waals surface area contributed by atoms with Crippen LogP contribution >= 0.6 is 0 Å². The Morgan fingerprint density at radius 2 is 2.00 bits per heavy atom. The Morgan fingerprint density at radius 1 is 1.27 bits per heavy atom. The Morgan fingerprint density at radius 3 is 2.60 bits per heavy atom. The standard InChI is InChI=1S/C11H13NO3/c1-14-9-5-7(12)6-3-4-8(13)10(6)11(9)15-2/h5H,3-4,12H2,1-2H3. The molecule has 0 amide bonds. The summed E-state index contributed by atoms with van der Waals surface area (Å²) in [6, 6.07) is 1.70. The number of ether oxygens (including phenoxy) is 2. The highest BCUT2D eigenvalue weighted by Gasteiger charge is 2.28. The molecule has 1 aromatic rings. The molecule has 1 aliphatic carbocycles. The smallest absolute Gasteiger partial charge is 0.171 e. The molecule has 0 heterocycles. The Labute approximate surface area is 88.0 Å². The van der Waals surface area contributed by atoms with Crippen molar-refractivity contribution in [2.24, 2.45) is 0 Å². The molecular formula is C11H13NO3. The van der Waals surface area contributed by atoms with E-state index in [1.54, 1.807) is 6.07 Å². The van der Waals surface area contributed by atoms with Gasteiger partial charge in [0.1, 0.15) is 0 Å². The van der Waals surface area contributed by atoms with Crippen molar-refractivity contribution in [1.82, 2.24) is 0 Å². The predicted octanol–water partition coefficient (Wildman–Crippen LogP) is 1.41. The average molecular weight is 207 g/mol. The van der Waals surface area contributed by atoms with Gasteiger partial charge in [-0.15, -0.1) is 0 Å². The summed E-state index contributed by atoms with van der Waals surface area (Å²) in [5.41, 5.74) is 7.93. The summed E-state index contributed by atoms with van der Waals surface area (Å²) in [6.45, 7) is 0. The third kappa shape index (κ3) is 1.33. The number of hydrogen-bond acceptors (Lipinski definition) is 4. The van der Waals surface area contributed by atoms with E-state index in [-0.39, 0.29) is 5.78 Å². The van der Waals surface area contributed by atoms with Crippen molar-refractivity contribution in [1.29, 1.82) is 0 Å². The molecule has 0 atom stereocenters. The van der Waals surface area contributed by atoms with Gasteiger partial charge in [-0.25, -0.2) is 0 Å². The number of benzene rings is 1. The normalized spacial score (nSPS) is 13.9. The Hall–Kier alpha value is -1.71. The average Bonchev–Trinajstić information content (AvgIpc) is 2.61. The van der Waals surface area contributed by atoms with Crippen LogP contribution in [-0.2, 0) is 6.42 Å². The first-order valence-corrected chi connectivity index (χ1v) is 4.75. The SMILES string of the molecule is COc1cc(N)c2c(c1OC)C(=O)CC2. The lowest BCUT2D eigenvalue weighted by atomic mass is 10.1. The van der Waals surface area contributed by atoms with Gasteiger partial charge in [0, 0.05) is 18.2 Å². The molecule has 0 saturated carbocycles. The minimum Gasteiger partial charge on any atom is -0.493 e. The Kier molecular flexibility index (Phi) is 2.26. The van der Waals surface area contributed by atoms with Crippen LogP contribution in [0.1, 0.15) is 22.3 Å². The summed E-state index contributed by atoms with van der Waals surface area (Å²) in [5, 5.41) is 0. The third-order valence-corrected chi connectivity index (χ3v) is 2.69. The number of hydrogen-bond donors (Lipinski definition) is 1. The molecule has 0 saturated heterocycles. The van der Waals surface area contributed by atoms with Crippen molar-refractivity contribution in [3.63, 3.8) is 0 Å². The second kappa shape index (κ2) is 3.46. The van der Waals surface area contributed by atoms with E-state index in [9.17, 15) is 4.79 Å². The molecule has 0 aliphatic heterocycles. The molecule has 4 heteroatoms. The molecule has 0 bridgehead atoms. The van der Waals surface area contributed by atoms with E-state index >= 15 is 0 Å². The molecular weight excluding hydrogens is 194 g/mol. The fraction of sp³-hybridized carbons (Fsp3) is 0.364. The molecule has 2 N–H and O–H groups in total. The van der Waals surface area contributed by atoms with Gasteiger partial charge in [-0.2, -0.15) is 0 Å². The molecule has 1 aromatic carbocycles. The highest BCUT2D eigenvalue weighted by Crippen LogP contribution is 2.41. The van der Waals surface area contributed by atoms with Gasteiger partial charge in [-0.3, -0.25) is 4.79 Å². The zero-order valence-electron chi connectivity index (χ0n) is 8.79. The van der Waals surface area contributed by atoms with Crippen molar-refractivity contribution >= 4 is 11.5 Å². The zero-order chi connectivity index (χ0) is 11.0. The summed E-state index contributed by atoms with van der Waals surface area (Å²) >= 11 is 0. The van der Waals surface area contributed by atoms with Crippen LogP contribution in [0.15, 0.2) is 6.07 Å². The maximum atomic E-state index is 11.7. The largest absolute Gasteiger partial charge is 0.493 e. The number of ketones is 1. The summed E-state index contributed by atoms with van der Waals surface area (Å²) < 4.78 is 10.3. The van der Waals surface area contributed by atoms with Gasteiger partial charge < -0.3 is 15.2 Å². The lowest BCUT2D eigenvalue weighted by molar-refractivity contribution is 0.0991. The molecule has 2 rings (SSSR count). The van der Waals surface area contributed by atoms with Crippen molar-refractivity contribution < 1.29 is 14.3 Å². The first kappa shape index (κ1) is 9.83. The number of fused-ring (bicyclic) bond motifs is 1. The molecule has 15 heavy (non-hydrogen) atoms. The number of methoxy groups -OCH3 is 2. The topological polar surface area (TPSA) is 61.6 Å². The van der Waals surface area contributed by atoms with Gasteiger partial charge in [0.15, 0.2) is 17.3 Å². The summed E-state index contributed by atoms with van der Waals surface area (Å²) in [6.07, 6.45) is 1.20. The van der Waals surface area contributed by atoms with Crippen LogP contribution in [0.2, 0.25) is 0 Å². The number of Topliss-reactive ketones (excluding diaryl/α,β-unsaturated/α-hetero) is 1. The molecule has 0 fully saturated rings. The lowest BCUT2D eigenvalue weighted by Crippen LogP contribution is -2.02. The summed E-state index contributed by atoms with van der Waals surface area (Å²) in [7, 11) is 3.06. The molecule has 1 aliphatic rings. The second-order valence-electron chi connectivity index (χ2n) is 3.48. The summed E-state index contributed by atoms with van der Waals surface area (Å²) in [5.74, 6) is 1.10. The van der Waals surface area contributed by atoms with Crippen molar-refractivity contribution in [3.05, 3.63) is 17.2 Å². The molecule has 0 spiro atoms. The second-order valence-corrected chi connectivity index (χ2v) is 3.48. The van der Waals surface area contributed by atoms with Gasteiger partial charge in [0.05, 0.1) is 19.8 Å². The number of carbonyl (C=O) groups excluding carboxylic acids is 1. The van der Waals surface area contributed by atoms with Crippen LogP contribution < -0.4 is 15.2 Å². The third-order valence-electron chi connectivity index (χ3n) is 2.69. The predicted molar refractivity (Wildman–Crippen MR) is 56.6 cm³/mol. The van der Waals surface area contributed by atoms with Gasteiger partial charge >= 0.3 is 0 Å². The van der Waals surface area contributed by atoms with Crippen LogP contribution in [0.3, 0.4) is 0 Å². The highest BCUT2D eigenvalue weighted by molar-refractivity contribution is 6.05. The first-order valence-electron chi connectivity index (χ1n) is 4.75. The van der Waals surface area contributed by atoms with Gasteiger partial charge in [-0.1, -0.05) is 0 Å². The number of carbonyl (C=O) groups is 1. The fourth-order valence-corrected chi connectivity index (χ4v) is 1.98. The van der Waals surface area contributed by atoms with Crippen LogP contribution in [0.4, 0.5) is 5.69 Å². The summed E-state index contributed by atoms with van der Waals surface area (Å²) in [4.78, 5) is 11.7. The minimum absolute atomic E-state index is 0.0763. The van der Waals surface area contributed by atoms with Crippen molar-refractivity contribution in [2.75, 3.05) is 20.0 Å². The minimum atomic E-state index is 0.0763. The van der Waals surface area contributed by atoms with Crippen molar-refractivity contribution in [2.45, 2.75) is 12.8 Å². The Bertz CT molecular complexity index is 426.